The summed E-state index contributed by atoms with van der Waals surface area (Å²) in [7, 11) is 0. The minimum Gasteiger partial charge on any atom is -0.454 e. The van der Waals surface area contributed by atoms with Crippen LogP contribution in [0.15, 0.2) is 72.9 Å². The number of aromatic nitrogens is 1. The predicted molar refractivity (Wildman–Crippen MR) is 133 cm³/mol. The van der Waals surface area contributed by atoms with Gasteiger partial charge in [0, 0.05) is 28.5 Å². The van der Waals surface area contributed by atoms with E-state index in [0.717, 1.165) is 5.52 Å². The summed E-state index contributed by atoms with van der Waals surface area (Å²) in [5.74, 6) is 0.505. The van der Waals surface area contributed by atoms with Crippen LogP contribution in [0, 0.1) is 5.82 Å². The molecule has 9 heteroatoms. The van der Waals surface area contributed by atoms with Crippen LogP contribution in [0.2, 0.25) is 0 Å². The molecule has 194 valence electrons. The van der Waals surface area contributed by atoms with Crippen molar-refractivity contribution in [2.45, 2.75) is 37.5 Å². The number of nitrogens with one attached hydrogen (secondary N) is 1. The number of anilines is 1. The van der Waals surface area contributed by atoms with Crippen molar-refractivity contribution in [2.24, 2.45) is 0 Å². The van der Waals surface area contributed by atoms with Crippen LogP contribution >= 0.6 is 0 Å². The zero-order valence-electron chi connectivity index (χ0n) is 20.3. The topological polar surface area (TPSA) is 55.7 Å². The van der Waals surface area contributed by atoms with E-state index in [1.165, 1.54) is 12.1 Å². The molecular weight excluding hydrogens is 488 g/mol. The molecule has 0 bridgehead atoms. The Hall–Kier alpha value is -3.72. The summed E-state index contributed by atoms with van der Waals surface area (Å²) in [5, 5.41) is 14.5. The number of hydrogen-bond acceptors (Lipinski definition) is 4. The summed E-state index contributed by atoms with van der Waals surface area (Å²) >= 11 is 0. The third-order valence-corrected chi connectivity index (χ3v) is 6.80. The van der Waals surface area contributed by atoms with Crippen LogP contribution in [0.3, 0.4) is 0 Å². The minimum atomic E-state index is -4.90. The van der Waals surface area contributed by atoms with Crippen LogP contribution in [0.1, 0.15) is 25.8 Å². The van der Waals surface area contributed by atoms with E-state index in [4.69, 9.17) is 9.47 Å². The van der Waals surface area contributed by atoms with Gasteiger partial charge in [0.15, 0.2) is 17.1 Å². The number of fused-ring (bicyclic) bond motifs is 2. The molecule has 0 spiro atoms. The molecule has 1 aromatic heterocycles. The first kappa shape index (κ1) is 25.0. The molecule has 1 aliphatic heterocycles. The van der Waals surface area contributed by atoms with Gasteiger partial charge in [0.25, 0.3) is 0 Å². The van der Waals surface area contributed by atoms with Crippen LogP contribution in [0.5, 0.6) is 11.5 Å². The van der Waals surface area contributed by atoms with Crippen LogP contribution in [0.25, 0.3) is 16.6 Å². The summed E-state index contributed by atoms with van der Waals surface area (Å²) in [6, 6.07) is 18.0. The van der Waals surface area contributed by atoms with Crippen molar-refractivity contribution in [3.05, 3.63) is 84.3 Å². The second kappa shape index (κ2) is 8.99. The van der Waals surface area contributed by atoms with Crippen molar-refractivity contribution < 1.29 is 32.1 Å². The smallest absolute Gasteiger partial charge is 0.418 e. The second-order valence-electron chi connectivity index (χ2n) is 9.88. The number of para-hydroxylation sites is 1. The van der Waals surface area contributed by atoms with Crippen molar-refractivity contribution >= 4 is 16.6 Å². The standard InChI is InChI=1S/C28H26F4N2O3/c1-26(2,21-5-3-8-24-25(21)37-17-36-24)15-27(35,28(30,31)32)16-33-22-6-4-7-23-20(22)13-14-34(23)19-11-9-18(29)10-12-19/h3-14,33,35H,15-17H2,1-2H3. The van der Waals surface area contributed by atoms with E-state index < -0.39 is 30.2 Å². The Bertz CT molecular complexity index is 1430. The Morgan fingerprint density at radius 1 is 0.946 bits per heavy atom. The van der Waals surface area contributed by atoms with Crippen molar-refractivity contribution in [1.82, 2.24) is 4.57 Å². The summed E-state index contributed by atoms with van der Waals surface area (Å²) in [6.45, 7) is 2.53. The Labute approximate surface area is 211 Å². The highest BCUT2D eigenvalue weighted by atomic mass is 19.4. The van der Waals surface area contributed by atoms with Gasteiger partial charge in [-0.05, 0) is 60.4 Å². The van der Waals surface area contributed by atoms with E-state index in [0.29, 0.717) is 33.8 Å². The summed E-state index contributed by atoms with van der Waals surface area (Å²) in [6.07, 6.45) is -3.75. The number of benzene rings is 3. The van der Waals surface area contributed by atoms with Gasteiger partial charge < -0.3 is 24.5 Å². The maximum absolute atomic E-state index is 14.3. The lowest BCUT2D eigenvalue weighted by Crippen LogP contribution is -2.53. The summed E-state index contributed by atoms with van der Waals surface area (Å²) in [4.78, 5) is 0. The lowest BCUT2D eigenvalue weighted by molar-refractivity contribution is -0.260. The second-order valence-corrected chi connectivity index (χ2v) is 9.88. The van der Waals surface area contributed by atoms with E-state index in [1.807, 2.05) is 10.6 Å². The zero-order chi connectivity index (χ0) is 26.4. The first-order valence-corrected chi connectivity index (χ1v) is 11.8. The number of rotatable bonds is 7. The molecule has 0 aliphatic carbocycles. The molecule has 1 unspecified atom stereocenters. The molecule has 4 aromatic rings. The van der Waals surface area contributed by atoms with E-state index >= 15 is 0 Å². The minimum absolute atomic E-state index is 0.00487. The molecule has 0 saturated carbocycles. The monoisotopic (exact) mass is 514 g/mol. The van der Waals surface area contributed by atoms with Crippen molar-refractivity contribution in [1.29, 1.82) is 0 Å². The van der Waals surface area contributed by atoms with Crippen molar-refractivity contribution in [3.63, 3.8) is 0 Å². The molecule has 0 fully saturated rings. The third-order valence-electron chi connectivity index (χ3n) is 6.80. The van der Waals surface area contributed by atoms with E-state index in [1.54, 1.807) is 68.6 Å². The van der Waals surface area contributed by atoms with Gasteiger partial charge in [-0.3, -0.25) is 0 Å². The average molecular weight is 515 g/mol. The molecule has 3 aromatic carbocycles. The molecule has 1 aliphatic rings. The van der Waals surface area contributed by atoms with Gasteiger partial charge in [-0.25, -0.2) is 4.39 Å². The van der Waals surface area contributed by atoms with Crippen LogP contribution in [-0.4, -0.2) is 34.8 Å². The lowest BCUT2D eigenvalue weighted by atomic mass is 9.74. The zero-order valence-corrected chi connectivity index (χ0v) is 20.3. The highest BCUT2D eigenvalue weighted by Crippen LogP contribution is 2.47. The number of alkyl halides is 3. The van der Waals surface area contributed by atoms with Gasteiger partial charge in [0.1, 0.15) is 5.82 Å². The summed E-state index contributed by atoms with van der Waals surface area (Å²) in [5.41, 5.74) is -1.73. The van der Waals surface area contributed by atoms with Crippen LogP contribution < -0.4 is 14.8 Å². The molecule has 37 heavy (non-hydrogen) atoms. The van der Waals surface area contributed by atoms with Gasteiger partial charge in [0.05, 0.1) is 12.1 Å². The number of hydrogen-bond donors (Lipinski definition) is 2. The van der Waals surface area contributed by atoms with Crippen molar-refractivity contribution in [2.75, 3.05) is 18.7 Å². The highest BCUT2D eigenvalue weighted by Gasteiger charge is 2.56. The maximum atomic E-state index is 14.3. The number of aliphatic hydroxyl groups is 1. The molecule has 0 saturated heterocycles. The Kier molecular flexibility index (Phi) is 6.06. The van der Waals surface area contributed by atoms with Gasteiger partial charge in [0.2, 0.25) is 6.79 Å². The number of nitrogens with zero attached hydrogens (tertiary/aromatic N) is 1. The van der Waals surface area contributed by atoms with E-state index in [9.17, 15) is 22.7 Å². The fraction of sp³-hybridized carbons (Fsp3) is 0.286. The normalized spacial score (nSPS) is 15.1. The maximum Gasteiger partial charge on any atom is 0.418 e. The van der Waals surface area contributed by atoms with Crippen molar-refractivity contribution in [3.8, 4) is 17.2 Å². The molecule has 0 radical (unpaired) electrons. The summed E-state index contributed by atoms with van der Waals surface area (Å²) < 4.78 is 69.0. The Balaban J connectivity index is 1.43. The van der Waals surface area contributed by atoms with Gasteiger partial charge in [-0.15, -0.1) is 0 Å². The molecular formula is C28H26F4N2O3. The molecule has 2 heterocycles. The average Bonchev–Trinajstić information content (AvgIpc) is 3.49. The highest BCUT2D eigenvalue weighted by molar-refractivity contribution is 5.93. The van der Waals surface area contributed by atoms with Gasteiger partial charge in [-0.1, -0.05) is 32.0 Å². The van der Waals surface area contributed by atoms with E-state index in [-0.39, 0.29) is 12.6 Å². The SMILES string of the molecule is CC(C)(CC(O)(CNc1cccc2c1ccn2-c1ccc(F)cc1)C(F)(F)F)c1cccc2c1OCO2. The molecule has 0 amide bonds. The molecule has 1 atom stereocenters. The lowest BCUT2D eigenvalue weighted by Gasteiger charge is -2.38. The third kappa shape index (κ3) is 4.59. The fourth-order valence-electron chi connectivity index (χ4n) is 4.94. The largest absolute Gasteiger partial charge is 0.454 e. The molecule has 2 N–H and O–H groups in total. The fourth-order valence-corrected chi connectivity index (χ4v) is 4.94. The molecule has 5 nitrogen and oxygen atoms in total. The Morgan fingerprint density at radius 3 is 2.41 bits per heavy atom. The van der Waals surface area contributed by atoms with Crippen LogP contribution in [0.4, 0.5) is 23.2 Å². The number of ether oxygens (including phenoxy) is 2. The molecule has 5 rings (SSSR count). The van der Waals surface area contributed by atoms with Gasteiger partial charge >= 0.3 is 6.18 Å². The van der Waals surface area contributed by atoms with E-state index in [2.05, 4.69) is 5.32 Å². The quantitative estimate of drug-likeness (QED) is 0.274. The predicted octanol–water partition coefficient (Wildman–Crippen LogP) is 6.57. The van der Waals surface area contributed by atoms with Gasteiger partial charge in [-0.2, -0.15) is 13.2 Å². The first-order chi connectivity index (χ1) is 17.5. The van der Waals surface area contributed by atoms with Crippen LogP contribution in [-0.2, 0) is 5.41 Å². The Morgan fingerprint density at radius 2 is 1.68 bits per heavy atom. The number of halogens is 4. The first-order valence-electron chi connectivity index (χ1n) is 11.8.